The van der Waals surface area contributed by atoms with Crippen LogP contribution in [0.1, 0.15) is 17.9 Å². The zero-order valence-corrected chi connectivity index (χ0v) is 14.1. The summed E-state index contributed by atoms with van der Waals surface area (Å²) in [6.45, 7) is 0.781. The van der Waals surface area contributed by atoms with Crippen molar-refractivity contribution in [2.24, 2.45) is 5.73 Å². The molecular weight excluding hydrogens is 310 g/mol. The minimum Gasteiger partial charge on any atom is -0.464 e. The molecule has 1 aromatic heterocycles. The summed E-state index contributed by atoms with van der Waals surface area (Å²) in [6.07, 6.45) is 2.40. The topological polar surface area (TPSA) is 85.5 Å². The fourth-order valence-corrected chi connectivity index (χ4v) is 3.24. The molecule has 1 aromatic rings. The average molecular weight is 331 g/mol. The minimum absolute atomic E-state index is 0.241. The maximum Gasteiger partial charge on any atom is 0.323 e. The molecule has 0 radical (unpaired) electrons. The Bertz CT molecular complexity index is 501. The molecule has 0 spiro atoms. The maximum atomic E-state index is 10.6. The van der Waals surface area contributed by atoms with Gasteiger partial charge in [0.1, 0.15) is 11.5 Å². The number of nitrogens with two attached hydrogens (primary N) is 1. The molecule has 0 fully saturated rings. The van der Waals surface area contributed by atoms with Gasteiger partial charge in [-0.3, -0.25) is 5.73 Å². The van der Waals surface area contributed by atoms with Crippen LogP contribution in [0.5, 0.6) is 0 Å². The molecule has 2 N–H and O–H groups in total. The van der Waals surface area contributed by atoms with Crippen LogP contribution in [-0.4, -0.2) is 35.9 Å². The SMILES string of the molecule is CSC(CCSCc1ccc(CN(C)C)o1)=C(N)[N+](=O)[O-]. The molecule has 1 heterocycles. The third kappa shape index (κ3) is 6.45. The highest BCUT2D eigenvalue weighted by Crippen LogP contribution is 2.23. The second kappa shape index (κ2) is 9.01. The predicted molar refractivity (Wildman–Crippen MR) is 88.6 cm³/mol. The van der Waals surface area contributed by atoms with E-state index in [0.717, 1.165) is 29.6 Å². The van der Waals surface area contributed by atoms with Gasteiger partial charge in [-0.2, -0.15) is 11.8 Å². The summed E-state index contributed by atoms with van der Waals surface area (Å²) < 4.78 is 5.70. The van der Waals surface area contributed by atoms with Crippen LogP contribution in [0.25, 0.3) is 0 Å². The van der Waals surface area contributed by atoms with E-state index in [1.165, 1.54) is 11.8 Å². The van der Waals surface area contributed by atoms with Gasteiger partial charge < -0.3 is 19.4 Å². The van der Waals surface area contributed by atoms with E-state index in [1.54, 1.807) is 18.0 Å². The third-order valence-corrected chi connectivity index (χ3v) is 4.52. The highest BCUT2D eigenvalue weighted by Gasteiger charge is 2.11. The molecule has 0 aliphatic heterocycles. The second-order valence-corrected chi connectivity index (χ2v) is 6.68. The number of thioether (sulfide) groups is 2. The quantitative estimate of drug-likeness (QED) is 0.423. The molecule has 8 heteroatoms. The first kappa shape index (κ1) is 17.9. The molecule has 0 bridgehead atoms. The standard InChI is InChI=1S/C13H21N3O3S2/c1-15(2)8-10-4-5-11(19-10)9-21-7-6-12(20-3)13(14)16(17)18/h4-5H,6-9,14H2,1-3H3. The van der Waals surface area contributed by atoms with Crippen LogP contribution in [0.4, 0.5) is 0 Å². The normalized spacial score (nSPS) is 12.6. The molecule has 1 rings (SSSR count). The summed E-state index contributed by atoms with van der Waals surface area (Å²) in [5, 5.41) is 10.6. The Morgan fingerprint density at radius 3 is 2.67 bits per heavy atom. The zero-order valence-electron chi connectivity index (χ0n) is 12.5. The number of nitro groups is 1. The van der Waals surface area contributed by atoms with Gasteiger partial charge in [-0.15, -0.1) is 11.8 Å². The Kier molecular flexibility index (Phi) is 7.69. The second-order valence-electron chi connectivity index (χ2n) is 4.68. The van der Waals surface area contributed by atoms with Crippen molar-refractivity contribution in [3.05, 3.63) is 44.5 Å². The first-order valence-electron chi connectivity index (χ1n) is 6.41. The Hall–Kier alpha value is -1.12. The third-order valence-electron chi connectivity index (χ3n) is 2.64. The smallest absolute Gasteiger partial charge is 0.323 e. The lowest BCUT2D eigenvalue weighted by atomic mass is 10.4. The van der Waals surface area contributed by atoms with Gasteiger partial charge in [-0.25, -0.2) is 0 Å². The summed E-state index contributed by atoms with van der Waals surface area (Å²) in [5.74, 6) is 3.16. The van der Waals surface area contributed by atoms with Crippen molar-refractivity contribution in [2.75, 3.05) is 26.1 Å². The van der Waals surface area contributed by atoms with Crippen LogP contribution in [0.15, 0.2) is 27.3 Å². The van der Waals surface area contributed by atoms with E-state index >= 15 is 0 Å². The lowest BCUT2D eigenvalue weighted by molar-refractivity contribution is -0.427. The minimum atomic E-state index is -0.531. The maximum absolute atomic E-state index is 10.6. The number of rotatable bonds is 9. The van der Waals surface area contributed by atoms with Gasteiger partial charge in [0.25, 0.3) is 0 Å². The molecule has 0 saturated heterocycles. The van der Waals surface area contributed by atoms with Crippen molar-refractivity contribution in [3.8, 4) is 0 Å². The molecular formula is C13H21N3O3S2. The monoisotopic (exact) mass is 331 g/mol. The summed E-state index contributed by atoms with van der Waals surface area (Å²) in [4.78, 5) is 12.8. The summed E-state index contributed by atoms with van der Waals surface area (Å²) >= 11 is 3.01. The van der Waals surface area contributed by atoms with Crippen molar-refractivity contribution < 1.29 is 9.34 Å². The van der Waals surface area contributed by atoms with E-state index in [9.17, 15) is 10.1 Å². The molecule has 0 aliphatic rings. The lowest BCUT2D eigenvalue weighted by Crippen LogP contribution is -2.11. The largest absolute Gasteiger partial charge is 0.464 e. The first-order valence-corrected chi connectivity index (χ1v) is 8.79. The molecule has 0 amide bonds. The summed E-state index contributed by atoms with van der Waals surface area (Å²) in [7, 11) is 3.99. The molecule has 0 saturated carbocycles. The fourth-order valence-electron chi connectivity index (χ4n) is 1.67. The fraction of sp³-hybridized carbons (Fsp3) is 0.538. The number of hydrogen-bond donors (Lipinski definition) is 1. The van der Waals surface area contributed by atoms with E-state index in [1.807, 2.05) is 31.1 Å². The Labute approximate surface area is 133 Å². The molecule has 0 aromatic carbocycles. The number of allylic oxidation sites excluding steroid dienone is 1. The van der Waals surface area contributed by atoms with Crippen molar-refractivity contribution >= 4 is 23.5 Å². The molecule has 6 nitrogen and oxygen atoms in total. The first-order chi connectivity index (χ1) is 9.93. The van der Waals surface area contributed by atoms with Gasteiger partial charge >= 0.3 is 5.82 Å². The van der Waals surface area contributed by atoms with E-state index in [4.69, 9.17) is 10.2 Å². The highest BCUT2D eigenvalue weighted by atomic mass is 32.2. The van der Waals surface area contributed by atoms with E-state index in [-0.39, 0.29) is 5.82 Å². The van der Waals surface area contributed by atoms with Gasteiger partial charge in [0.2, 0.25) is 0 Å². The predicted octanol–water partition coefficient (Wildman–Crippen LogP) is 2.73. The van der Waals surface area contributed by atoms with Gasteiger partial charge in [-0.1, -0.05) is 0 Å². The Balaban J connectivity index is 2.38. The lowest BCUT2D eigenvalue weighted by Gasteiger charge is -2.06. The molecule has 21 heavy (non-hydrogen) atoms. The highest BCUT2D eigenvalue weighted by molar-refractivity contribution is 8.02. The molecule has 0 aliphatic carbocycles. The van der Waals surface area contributed by atoms with Gasteiger partial charge in [0.05, 0.1) is 17.2 Å². The van der Waals surface area contributed by atoms with E-state index < -0.39 is 4.92 Å². The van der Waals surface area contributed by atoms with Gasteiger partial charge in [0, 0.05) is 0 Å². The van der Waals surface area contributed by atoms with Crippen molar-refractivity contribution in [2.45, 2.75) is 18.7 Å². The van der Waals surface area contributed by atoms with Gasteiger partial charge in [-0.05, 0) is 49.6 Å². The van der Waals surface area contributed by atoms with Crippen molar-refractivity contribution in [1.29, 1.82) is 0 Å². The van der Waals surface area contributed by atoms with Crippen LogP contribution in [0.2, 0.25) is 0 Å². The molecule has 0 unspecified atom stereocenters. The van der Waals surface area contributed by atoms with Crippen LogP contribution >= 0.6 is 23.5 Å². The zero-order chi connectivity index (χ0) is 15.8. The average Bonchev–Trinajstić information content (AvgIpc) is 2.84. The van der Waals surface area contributed by atoms with Crippen LogP contribution in [-0.2, 0) is 12.3 Å². The van der Waals surface area contributed by atoms with Crippen molar-refractivity contribution in [1.82, 2.24) is 4.90 Å². The number of furan rings is 1. The molecule has 0 atom stereocenters. The molecule has 118 valence electrons. The van der Waals surface area contributed by atoms with Gasteiger partial charge in [0.15, 0.2) is 0 Å². The Morgan fingerprint density at radius 2 is 2.10 bits per heavy atom. The summed E-state index contributed by atoms with van der Waals surface area (Å²) in [6, 6.07) is 3.95. The van der Waals surface area contributed by atoms with Crippen LogP contribution in [0.3, 0.4) is 0 Å². The van der Waals surface area contributed by atoms with E-state index in [0.29, 0.717) is 11.3 Å². The van der Waals surface area contributed by atoms with Crippen molar-refractivity contribution in [3.63, 3.8) is 0 Å². The van der Waals surface area contributed by atoms with Crippen LogP contribution < -0.4 is 5.73 Å². The number of hydrogen-bond acceptors (Lipinski definition) is 7. The van der Waals surface area contributed by atoms with Crippen LogP contribution in [0, 0.1) is 10.1 Å². The van der Waals surface area contributed by atoms with E-state index in [2.05, 4.69) is 0 Å². The number of nitrogens with zero attached hydrogens (tertiary/aromatic N) is 2. The Morgan fingerprint density at radius 1 is 1.43 bits per heavy atom. The summed E-state index contributed by atoms with van der Waals surface area (Å²) in [5.41, 5.74) is 5.44.